The van der Waals surface area contributed by atoms with Crippen LogP contribution in [0, 0.1) is 11.6 Å². The third-order valence-electron chi connectivity index (χ3n) is 2.31. The van der Waals surface area contributed by atoms with Crippen molar-refractivity contribution < 1.29 is 8.78 Å². The van der Waals surface area contributed by atoms with Crippen LogP contribution in [0.5, 0.6) is 0 Å². The predicted molar refractivity (Wildman–Crippen MR) is 65.7 cm³/mol. The maximum absolute atomic E-state index is 13.2. The first kappa shape index (κ1) is 13.6. The molecule has 1 aromatic rings. The zero-order valence-corrected chi connectivity index (χ0v) is 10.7. The van der Waals surface area contributed by atoms with Crippen LogP contribution in [0.25, 0.3) is 0 Å². The van der Waals surface area contributed by atoms with Crippen molar-refractivity contribution >= 4 is 15.9 Å². The highest BCUT2D eigenvalue weighted by atomic mass is 79.9. The number of benzene rings is 1. The zero-order valence-electron chi connectivity index (χ0n) is 9.11. The quantitative estimate of drug-likeness (QED) is 0.598. The van der Waals surface area contributed by atoms with Crippen LogP contribution in [0.15, 0.2) is 18.2 Å². The Morgan fingerprint density at radius 3 is 2.69 bits per heavy atom. The van der Waals surface area contributed by atoms with Crippen molar-refractivity contribution in [2.24, 2.45) is 0 Å². The summed E-state index contributed by atoms with van der Waals surface area (Å²) in [5.74, 6) is -0.744. The smallest absolute Gasteiger partial charge is 0.127 e. The summed E-state index contributed by atoms with van der Waals surface area (Å²) >= 11 is 3.36. The number of hydrogen-bond acceptors (Lipinski definition) is 1. The van der Waals surface area contributed by atoms with Crippen molar-refractivity contribution in [3.8, 4) is 0 Å². The Bertz CT molecular complexity index is 318. The largest absolute Gasteiger partial charge is 0.313 e. The highest BCUT2D eigenvalue weighted by molar-refractivity contribution is 9.09. The second-order valence-corrected chi connectivity index (χ2v) is 4.46. The molecule has 1 nitrogen and oxygen atoms in total. The van der Waals surface area contributed by atoms with Gasteiger partial charge in [0.1, 0.15) is 11.6 Å². The Morgan fingerprint density at radius 1 is 1.12 bits per heavy atom. The lowest BCUT2D eigenvalue weighted by atomic mass is 10.2. The molecule has 16 heavy (non-hydrogen) atoms. The fraction of sp³-hybridized carbons (Fsp3) is 0.500. The van der Waals surface area contributed by atoms with Crippen molar-refractivity contribution in [1.82, 2.24) is 5.32 Å². The van der Waals surface area contributed by atoms with Gasteiger partial charge in [-0.25, -0.2) is 8.78 Å². The van der Waals surface area contributed by atoms with Gasteiger partial charge in [-0.15, -0.1) is 0 Å². The van der Waals surface area contributed by atoms with Gasteiger partial charge in [0.25, 0.3) is 0 Å². The standard InChI is InChI=1S/C12H16BrF2N/c13-6-2-1-3-7-16-9-10-8-11(14)4-5-12(10)15/h4-5,8,16H,1-3,6-7,9H2. The van der Waals surface area contributed by atoms with Gasteiger partial charge in [0.05, 0.1) is 0 Å². The summed E-state index contributed by atoms with van der Waals surface area (Å²) in [5.41, 5.74) is 0.389. The molecule has 0 unspecified atom stereocenters. The van der Waals surface area contributed by atoms with Crippen LogP contribution in [0.4, 0.5) is 8.78 Å². The lowest BCUT2D eigenvalue weighted by molar-refractivity contribution is 0.560. The minimum Gasteiger partial charge on any atom is -0.313 e. The maximum atomic E-state index is 13.2. The fourth-order valence-electron chi connectivity index (χ4n) is 1.42. The summed E-state index contributed by atoms with van der Waals surface area (Å²) in [6.07, 6.45) is 3.35. The first-order valence-corrected chi connectivity index (χ1v) is 6.57. The van der Waals surface area contributed by atoms with Crippen molar-refractivity contribution in [1.29, 1.82) is 0 Å². The average molecular weight is 292 g/mol. The summed E-state index contributed by atoms with van der Waals surface area (Å²) in [6.45, 7) is 1.22. The molecule has 0 amide bonds. The van der Waals surface area contributed by atoms with Gasteiger partial charge in [-0.1, -0.05) is 22.4 Å². The maximum Gasteiger partial charge on any atom is 0.127 e. The number of halogens is 3. The van der Waals surface area contributed by atoms with E-state index in [1.807, 2.05) is 0 Å². The van der Waals surface area contributed by atoms with Gasteiger partial charge in [-0.2, -0.15) is 0 Å². The molecular formula is C12H16BrF2N. The van der Waals surface area contributed by atoms with Crippen LogP contribution < -0.4 is 5.32 Å². The predicted octanol–water partition coefficient (Wildman–Crippen LogP) is 3.62. The van der Waals surface area contributed by atoms with E-state index in [-0.39, 0.29) is 5.82 Å². The molecule has 0 aromatic heterocycles. The molecule has 1 rings (SSSR count). The van der Waals surface area contributed by atoms with E-state index in [1.54, 1.807) is 0 Å². The molecule has 0 radical (unpaired) electrons. The molecule has 0 aliphatic heterocycles. The number of nitrogens with one attached hydrogen (secondary N) is 1. The van der Waals surface area contributed by atoms with Gasteiger partial charge >= 0.3 is 0 Å². The van der Waals surface area contributed by atoms with E-state index >= 15 is 0 Å². The summed E-state index contributed by atoms with van der Waals surface area (Å²) < 4.78 is 26.0. The monoisotopic (exact) mass is 291 g/mol. The molecule has 90 valence electrons. The van der Waals surface area contributed by atoms with E-state index in [0.29, 0.717) is 12.1 Å². The Balaban J connectivity index is 2.23. The van der Waals surface area contributed by atoms with Crippen LogP contribution in [0.3, 0.4) is 0 Å². The van der Waals surface area contributed by atoms with Gasteiger partial charge in [0.15, 0.2) is 0 Å². The minimum absolute atomic E-state index is 0.352. The highest BCUT2D eigenvalue weighted by Gasteiger charge is 2.02. The third kappa shape index (κ3) is 5.03. The molecule has 0 fully saturated rings. The molecule has 4 heteroatoms. The third-order valence-corrected chi connectivity index (χ3v) is 2.87. The lowest BCUT2D eigenvalue weighted by Gasteiger charge is -2.05. The summed E-state index contributed by atoms with van der Waals surface area (Å²) in [5, 5.41) is 4.13. The number of alkyl halides is 1. The van der Waals surface area contributed by atoms with Crippen LogP contribution in [0.2, 0.25) is 0 Å². The SMILES string of the molecule is Fc1ccc(F)c(CNCCCCCBr)c1. The van der Waals surface area contributed by atoms with E-state index < -0.39 is 5.82 Å². The molecule has 0 bridgehead atoms. The Labute approximate surface area is 103 Å². The molecule has 0 aliphatic carbocycles. The van der Waals surface area contributed by atoms with E-state index in [9.17, 15) is 8.78 Å². The van der Waals surface area contributed by atoms with Crippen molar-refractivity contribution in [2.45, 2.75) is 25.8 Å². The van der Waals surface area contributed by atoms with Crippen LogP contribution in [-0.2, 0) is 6.54 Å². The van der Waals surface area contributed by atoms with Crippen molar-refractivity contribution in [2.75, 3.05) is 11.9 Å². The van der Waals surface area contributed by atoms with Crippen LogP contribution >= 0.6 is 15.9 Å². The molecule has 0 heterocycles. The van der Waals surface area contributed by atoms with Gasteiger partial charge < -0.3 is 5.32 Å². The number of rotatable bonds is 7. The number of unbranched alkanes of at least 4 members (excludes halogenated alkanes) is 2. The Hall–Kier alpha value is -0.480. The molecule has 1 N–H and O–H groups in total. The van der Waals surface area contributed by atoms with Crippen LogP contribution in [-0.4, -0.2) is 11.9 Å². The van der Waals surface area contributed by atoms with Crippen molar-refractivity contribution in [3.63, 3.8) is 0 Å². The summed E-state index contributed by atoms with van der Waals surface area (Å²) in [6, 6.07) is 3.53. The molecule has 0 saturated heterocycles. The molecule has 0 saturated carbocycles. The molecular weight excluding hydrogens is 276 g/mol. The van der Waals surface area contributed by atoms with Gasteiger partial charge in [0, 0.05) is 17.4 Å². The van der Waals surface area contributed by atoms with E-state index in [2.05, 4.69) is 21.2 Å². The number of hydrogen-bond donors (Lipinski definition) is 1. The molecule has 1 aromatic carbocycles. The van der Waals surface area contributed by atoms with Crippen molar-refractivity contribution in [3.05, 3.63) is 35.4 Å². The Kier molecular flexibility index (Phi) is 6.57. The van der Waals surface area contributed by atoms with Gasteiger partial charge in [-0.05, 0) is 37.6 Å². The topological polar surface area (TPSA) is 12.0 Å². The second-order valence-electron chi connectivity index (χ2n) is 3.66. The molecule has 0 spiro atoms. The molecule has 0 aliphatic rings. The van der Waals surface area contributed by atoms with Gasteiger partial charge in [-0.3, -0.25) is 0 Å². The summed E-state index contributed by atoms with van der Waals surface area (Å²) in [4.78, 5) is 0. The van der Waals surface area contributed by atoms with E-state index in [1.165, 1.54) is 6.07 Å². The zero-order chi connectivity index (χ0) is 11.8. The molecule has 0 atom stereocenters. The van der Waals surface area contributed by atoms with E-state index in [0.717, 1.165) is 43.3 Å². The van der Waals surface area contributed by atoms with E-state index in [4.69, 9.17) is 0 Å². The first-order valence-electron chi connectivity index (χ1n) is 5.44. The lowest BCUT2D eigenvalue weighted by Crippen LogP contribution is -2.15. The second kappa shape index (κ2) is 7.74. The van der Waals surface area contributed by atoms with Gasteiger partial charge in [0.2, 0.25) is 0 Å². The summed E-state index contributed by atoms with van der Waals surface area (Å²) in [7, 11) is 0. The van der Waals surface area contributed by atoms with Crippen LogP contribution in [0.1, 0.15) is 24.8 Å². The minimum atomic E-state index is -0.391. The normalized spacial score (nSPS) is 10.7. The average Bonchev–Trinajstić information content (AvgIpc) is 2.28. The Morgan fingerprint density at radius 2 is 1.94 bits per heavy atom. The first-order chi connectivity index (χ1) is 7.74. The highest BCUT2D eigenvalue weighted by Crippen LogP contribution is 2.09. The fourth-order valence-corrected chi connectivity index (χ4v) is 1.82.